The van der Waals surface area contributed by atoms with Gasteiger partial charge in [0.1, 0.15) is 0 Å². The zero-order valence-electron chi connectivity index (χ0n) is 7.94. The third-order valence-corrected chi connectivity index (χ3v) is 2.74. The molecule has 0 spiro atoms. The standard InChI is InChI=1S/C11H12N2O/c12-8-7-10-4-1-3-9-5-2-6-11(14)13(9)10/h2,5-6,10H,1,3-4,7H2/t10-/m1/s1. The lowest BCUT2D eigenvalue weighted by Crippen LogP contribution is -2.29. The van der Waals surface area contributed by atoms with Crippen molar-refractivity contribution in [2.75, 3.05) is 0 Å². The van der Waals surface area contributed by atoms with Crippen LogP contribution in [-0.4, -0.2) is 4.57 Å². The molecule has 1 aliphatic heterocycles. The van der Waals surface area contributed by atoms with Gasteiger partial charge in [0.25, 0.3) is 5.56 Å². The Morgan fingerprint density at radius 1 is 1.57 bits per heavy atom. The second-order valence-corrected chi connectivity index (χ2v) is 3.63. The summed E-state index contributed by atoms with van der Waals surface area (Å²) in [4.78, 5) is 11.6. The van der Waals surface area contributed by atoms with E-state index < -0.39 is 0 Å². The van der Waals surface area contributed by atoms with Crippen LogP contribution in [0, 0.1) is 11.3 Å². The molecule has 0 aliphatic carbocycles. The second-order valence-electron chi connectivity index (χ2n) is 3.63. The first kappa shape index (κ1) is 9.01. The number of rotatable bonds is 1. The Bertz CT molecular complexity index is 428. The Kier molecular flexibility index (Phi) is 2.36. The smallest absolute Gasteiger partial charge is 0.251 e. The van der Waals surface area contributed by atoms with E-state index >= 15 is 0 Å². The third-order valence-electron chi connectivity index (χ3n) is 2.74. The SMILES string of the molecule is N#CC[C@H]1CCCc2cccc(=O)n21. The quantitative estimate of drug-likeness (QED) is 0.672. The average molecular weight is 188 g/mol. The molecule has 0 fully saturated rings. The van der Waals surface area contributed by atoms with Gasteiger partial charge in [-0.05, 0) is 25.3 Å². The second kappa shape index (κ2) is 3.67. The van der Waals surface area contributed by atoms with Crippen molar-refractivity contribution in [3.8, 4) is 6.07 Å². The minimum Gasteiger partial charge on any atom is -0.309 e. The first-order chi connectivity index (χ1) is 6.83. The largest absolute Gasteiger partial charge is 0.309 e. The summed E-state index contributed by atoms with van der Waals surface area (Å²) in [5.74, 6) is 0. The van der Waals surface area contributed by atoms with Crippen LogP contribution < -0.4 is 5.56 Å². The highest BCUT2D eigenvalue weighted by molar-refractivity contribution is 5.11. The Morgan fingerprint density at radius 3 is 3.21 bits per heavy atom. The lowest BCUT2D eigenvalue weighted by atomic mass is 9.99. The number of nitriles is 1. The third kappa shape index (κ3) is 1.44. The van der Waals surface area contributed by atoms with Gasteiger partial charge in [-0.2, -0.15) is 5.26 Å². The van der Waals surface area contributed by atoms with Crippen LogP contribution in [0.1, 0.15) is 31.0 Å². The maximum Gasteiger partial charge on any atom is 0.251 e. The molecule has 0 N–H and O–H groups in total. The zero-order chi connectivity index (χ0) is 9.97. The van der Waals surface area contributed by atoms with Gasteiger partial charge >= 0.3 is 0 Å². The summed E-state index contributed by atoms with van der Waals surface area (Å²) in [6.07, 6.45) is 3.43. The summed E-state index contributed by atoms with van der Waals surface area (Å²) < 4.78 is 1.78. The fourth-order valence-corrected chi connectivity index (χ4v) is 2.11. The highest BCUT2D eigenvalue weighted by Gasteiger charge is 2.19. The fraction of sp³-hybridized carbons (Fsp3) is 0.455. The molecule has 2 rings (SSSR count). The minimum absolute atomic E-state index is 0.0300. The highest BCUT2D eigenvalue weighted by Crippen LogP contribution is 2.24. The summed E-state index contributed by atoms with van der Waals surface area (Å²) in [5, 5.41) is 8.67. The number of pyridine rings is 1. The molecular weight excluding hydrogens is 176 g/mol. The molecule has 1 atom stereocenters. The van der Waals surface area contributed by atoms with Crippen molar-refractivity contribution in [3.63, 3.8) is 0 Å². The molecule has 0 aromatic carbocycles. The van der Waals surface area contributed by atoms with Crippen molar-refractivity contribution >= 4 is 0 Å². The molecule has 1 aromatic rings. The van der Waals surface area contributed by atoms with Gasteiger partial charge in [0, 0.05) is 17.8 Å². The molecule has 0 unspecified atom stereocenters. The van der Waals surface area contributed by atoms with Gasteiger partial charge in [-0.15, -0.1) is 0 Å². The molecule has 2 heterocycles. The first-order valence-electron chi connectivity index (χ1n) is 4.90. The van der Waals surface area contributed by atoms with Gasteiger partial charge in [0.2, 0.25) is 0 Å². The maximum absolute atomic E-state index is 11.6. The van der Waals surface area contributed by atoms with Crippen LogP contribution in [-0.2, 0) is 6.42 Å². The van der Waals surface area contributed by atoms with E-state index in [1.54, 1.807) is 16.7 Å². The van der Waals surface area contributed by atoms with Crippen LogP contribution in [0.2, 0.25) is 0 Å². The molecule has 3 heteroatoms. The topological polar surface area (TPSA) is 45.8 Å². The van der Waals surface area contributed by atoms with E-state index in [0.717, 1.165) is 25.0 Å². The monoisotopic (exact) mass is 188 g/mol. The van der Waals surface area contributed by atoms with Crippen molar-refractivity contribution in [2.24, 2.45) is 0 Å². The van der Waals surface area contributed by atoms with Gasteiger partial charge in [-0.3, -0.25) is 4.79 Å². The molecule has 1 aromatic heterocycles. The Labute approximate surface area is 82.6 Å². The summed E-state index contributed by atoms with van der Waals surface area (Å²) in [5.41, 5.74) is 1.10. The molecule has 0 saturated heterocycles. The molecular formula is C11H12N2O. The van der Waals surface area contributed by atoms with Gasteiger partial charge in [0.05, 0.1) is 12.5 Å². The molecule has 0 bridgehead atoms. The van der Waals surface area contributed by atoms with E-state index in [4.69, 9.17) is 5.26 Å². The van der Waals surface area contributed by atoms with Crippen LogP contribution in [0.25, 0.3) is 0 Å². The van der Waals surface area contributed by atoms with E-state index in [1.165, 1.54) is 0 Å². The lowest BCUT2D eigenvalue weighted by Gasteiger charge is -2.25. The van der Waals surface area contributed by atoms with Crippen molar-refractivity contribution < 1.29 is 0 Å². The van der Waals surface area contributed by atoms with Gasteiger partial charge in [0.15, 0.2) is 0 Å². The van der Waals surface area contributed by atoms with Crippen molar-refractivity contribution in [1.82, 2.24) is 4.57 Å². The Morgan fingerprint density at radius 2 is 2.43 bits per heavy atom. The number of nitrogens with zero attached hydrogens (tertiary/aromatic N) is 2. The first-order valence-corrected chi connectivity index (χ1v) is 4.90. The van der Waals surface area contributed by atoms with E-state index in [1.807, 2.05) is 6.07 Å². The molecule has 0 radical (unpaired) electrons. The average Bonchev–Trinajstić information content (AvgIpc) is 2.19. The lowest BCUT2D eigenvalue weighted by molar-refractivity contribution is 0.394. The molecule has 0 saturated carbocycles. The normalized spacial score (nSPS) is 19.8. The highest BCUT2D eigenvalue weighted by atomic mass is 16.1. The maximum atomic E-state index is 11.6. The Balaban J connectivity index is 2.48. The van der Waals surface area contributed by atoms with E-state index in [0.29, 0.717) is 6.42 Å². The summed E-state index contributed by atoms with van der Waals surface area (Å²) in [6.45, 7) is 0. The summed E-state index contributed by atoms with van der Waals surface area (Å²) in [7, 11) is 0. The minimum atomic E-state index is 0.0300. The summed E-state index contributed by atoms with van der Waals surface area (Å²) >= 11 is 0. The van der Waals surface area contributed by atoms with Crippen molar-refractivity contribution in [1.29, 1.82) is 5.26 Å². The molecule has 3 nitrogen and oxygen atoms in total. The summed E-state index contributed by atoms with van der Waals surface area (Å²) in [6, 6.07) is 7.58. The number of hydrogen-bond acceptors (Lipinski definition) is 2. The fourth-order valence-electron chi connectivity index (χ4n) is 2.11. The Hall–Kier alpha value is -1.56. The van der Waals surface area contributed by atoms with Crippen molar-refractivity contribution in [2.45, 2.75) is 31.7 Å². The van der Waals surface area contributed by atoms with Crippen LogP contribution >= 0.6 is 0 Å². The van der Waals surface area contributed by atoms with Gasteiger partial charge in [-0.1, -0.05) is 6.07 Å². The molecule has 14 heavy (non-hydrogen) atoms. The van der Waals surface area contributed by atoms with Crippen LogP contribution in [0.5, 0.6) is 0 Å². The van der Waals surface area contributed by atoms with E-state index in [2.05, 4.69) is 6.07 Å². The van der Waals surface area contributed by atoms with Crippen LogP contribution in [0.15, 0.2) is 23.0 Å². The molecule has 1 aliphatic rings. The number of aromatic nitrogens is 1. The van der Waals surface area contributed by atoms with Gasteiger partial charge in [-0.25, -0.2) is 0 Å². The molecule has 72 valence electrons. The van der Waals surface area contributed by atoms with E-state index in [-0.39, 0.29) is 11.6 Å². The number of fused-ring (bicyclic) bond motifs is 1. The van der Waals surface area contributed by atoms with Gasteiger partial charge < -0.3 is 4.57 Å². The predicted molar refractivity (Wildman–Crippen MR) is 52.9 cm³/mol. The number of hydrogen-bond donors (Lipinski definition) is 0. The van der Waals surface area contributed by atoms with Crippen LogP contribution in [0.3, 0.4) is 0 Å². The number of aryl methyl sites for hydroxylation is 1. The van der Waals surface area contributed by atoms with Crippen LogP contribution in [0.4, 0.5) is 0 Å². The molecule has 0 amide bonds. The van der Waals surface area contributed by atoms with Crippen molar-refractivity contribution in [3.05, 3.63) is 34.2 Å². The van der Waals surface area contributed by atoms with E-state index in [9.17, 15) is 4.79 Å². The predicted octanol–water partition coefficient (Wildman–Crippen LogP) is 1.64. The zero-order valence-corrected chi connectivity index (χ0v) is 7.94.